The van der Waals surface area contributed by atoms with Crippen LogP contribution in [0.3, 0.4) is 0 Å². The van der Waals surface area contributed by atoms with Crippen molar-refractivity contribution < 1.29 is 27.8 Å². The second-order valence-corrected chi connectivity index (χ2v) is 12.0. The van der Waals surface area contributed by atoms with Crippen molar-refractivity contribution in [3.63, 3.8) is 0 Å². The number of esters is 1. The number of carbonyl (C=O) groups is 1. The van der Waals surface area contributed by atoms with Gasteiger partial charge in [-0.25, -0.2) is 4.79 Å². The molecular weight excluding hydrogens is 496 g/mol. The molecule has 7 heteroatoms. The third kappa shape index (κ3) is 4.68. The highest BCUT2D eigenvalue weighted by molar-refractivity contribution is 7.97. The van der Waals surface area contributed by atoms with Crippen molar-refractivity contribution in [3.05, 3.63) is 127 Å². The molecule has 0 bridgehead atoms. The third-order valence-electron chi connectivity index (χ3n) is 6.43. The van der Waals surface area contributed by atoms with Gasteiger partial charge in [0.05, 0.1) is 6.61 Å². The van der Waals surface area contributed by atoms with E-state index < -0.39 is 36.2 Å². The predicted molar refractivity (Wildman–Crippen MR) is 142 cm³/mol. The molecule has 0 radical (unpaired) electrons. The molecule has 1 N–H and O–H groups in total. The van der Waals surface area contributed by atoms with Crippen molar-refractivity contribution in [3.8, 4) is 0 Å². The quantitative estimate of drug-likeness (QED) is 0.250. The lowest BCUT2D eigenvalue weighted by atomic mass is 9.89. The van der Waals surface area contributed by atoms with Crippen LogP contribution in [-0.4, -0.2) is 29.5 Å². The van der Waals surface area contributed by atoms with Crippen LogP contribution in [0.2, 0.25) is 0 Å². The molecule has 0 aromatic heterocycles. The molecule has 0 aliphatic heterocycles. The van der Waals surface area contributed by atoms with Crippen molar-refractivity contribution in [2.24, 2.45) is 0 Å². The highest BCUT2D eigenvalue weighted by atomic mass is 31.2. The van der Waals surface area contributed by atoms with Gasteiger partial charge in [-0.1, -0.05) is 84.9 Å². The maximum Gasteiger partial charge on any atom is 0.426 e. The van der Waals surface area contributed by atoms with E-state index in [1.165, 1.54) is 31.2 Å². The average molecular weight is 524 g/mol. The highest BCUT2D eigenvalue weighted by Gasteiger charge is 2.74. The summed E-state index contributed by atoms with van der Waals surface area (Å²) >= 11 is 0. The minimum Gasteiger partial charge on any atom is -0.463 e. The zero-order chi connectivity index (χ0) is 26.5. The fourth-order valence-corrected chi connectivity index (χ4v) is 9.85. The van der Waals surface area contributed by atoms with Crippen molar-refractivity contribution in [2.45, 2.75) is 24.4 Å². The van der Waals surface area contributed by atoms with E-state index in [4.69, 9.17) is 4.74 Å². The summed E-state index contributed by atoms with van der Waals surface area (Å²) in [6.45, 7) is 1.40. The average Bonchev–Trinajstić information content (AvgIpc) is 2.93. The maximum atomic E-state index is 15.3. The first kappa shape index (κ1) is 26.6. The SMILES string of the molecule is CCOC(=O)C(C(O)(c1ccccc1)C(F)(F)F)[P+](c1ccccc1)(c1ccccc1)c1ccccc1. The van der Waals surface area contributed by atoms with Gasteiger partial charge < -0.3 is 9.84 Å². The second-order valence-electron chi connectivity index (χ2n) is 8.51. The summed E-state index contributed by atoms with van der Waals surface area (Å²) in [5.41, 5.74) is -6.02. The molecule has 0 spiro atoms. The molecule has 4 rings (SSSR count). The Morgan fingerprint density at radius 3 is 1.41 bits per heavy atom. The normalized spacial score (nSPS) is 14.4. The van der Waals surface area contributed by atoms with Crippen LogP contribution in [0.5, 0.6) is 0 Å². The fourth-order valence-electron chi connectivity index (χ4n) is 4.88. The number of hydrogen-bond donors (Lipinski definition) is 1. The van der Waals surface area contributed by atoms with Gasteiger partial charge in [-0.3, -0.25) is 0 Å². The topological polar surface area (TPSA) is 46.5 Å². The summed E-state index contributed by atoms with van der Waals surface area (Å²) in [5.74, 6) is -1.11. The standard InChI is InChI=1S/C30H27F3O3P/c1-2-36-28(34)27(29(35,30(31,32)33)23-15-7-3-8-16-23)37(24-17-9-4-10-18-24,25-19-11-5-12-20-25)26-21-13-6-14-22-26/h3-22,27,35H,2H2,1H3/q+1. The molecule has 2 unspecified atom stereocenters. The van der Waals surface area contributed by atoms with Crippen molar-refractivity contribution in [2.75, 3.05) is 6.61 Å². The van der Waals surface area contributed by atoms with E-state index in [0.717, 1.165) is 0 Å². The Kier molecular flexibility index (Phi) is 7.82. The molecule has 0 saturated carbocycles. The minimum absolute atomic E-state index is 0.142. The molecule has 0 heterocycles. The molecule has 0 fully saturated rings. The zero-order valence-electron chi connectivity index (χ0n) is 20.2. The molecule has 0 amide bonds. The number of rotatable bonds is 8. The summed E-state index contributed by atoms with van der Waals surface area (Å²) in [7, 11) is -3.58. The first-order chi connectivity index (χ1) is 17.8. The molecule has 37 heavy (non-hydrogen) atoms. The molecular formula is C30H27F3O3P+. The van der Waals surface area contributed by atoms with Crippen LogP contribution in [0.1, 0.15) is 12.5 Å². The van der Waals surface area contributed by atoms with Gasteiger partial charge >= 0.3 is 12.1 Å². The van der Waals surface area contributed by atoms with E-state index in [0.29, 0.717) is 15.9 Å². The molecule has 0 aliphatic rings. The van der Waals surface area contributed by atoms with Crippen LogP contribution in [0.25, 0.3) is 0 Å². The van der Waals surface area contributed by atoms with E-state index in [9.17, 15) is 9.90 Å². The first-order valence-corrected chi connectivity index (χ1v) is 13.7. The van der Waals surface area contributed by atoms with Crippen LogP contribution in [0.15, 0.2) is 121 Å². The Morgan fingerprint density at radius 1 is 0.730 bits per heavy atom. The van der Waals surface area contributed by atoms with Crippen LogP contribution in [-0.2, 0) is 15.1 Å². The number of carbonyl (C=O) groups excluding carboxylic acids is 1. The van der Waals surface area contributed by atoms with Gasteiger partial charge in [-0.15, -0.1) is 0 Å². The Hall–Kier alpha value is -3.47. The largest absolute Gasteiger partial charge is 0.463 e. The highest BCUT2D eigenvalue weighted by Crippen LogP contribution is 2.66. The summed E-state index contributed by atoms with van der Waals surface area (Å²) in [5, 5.41) is 13.6. The molecule has 4 aromatic rings. The van der Waals surface area contributed by atoms with Crippen LogP contribution in [0, 0.1) is 0 Å². The smallest absolute Gasteiger partial charge is 0.426 e. The van der Waals surface area contributed by atoms with E-state index in [1.807, 2.05) is 0 Å². The van der Waals surface area contributed by atoms with Gasteiger partial charge in [0.15, 0.2) is 0 Å². The first-order valence-electron chi connectivity index (χ1n) is 11.8. The summed E-state index contributed by atoms with van der Waals surface area (Å²) in [6.07, 6.45) is -5.21. The van der Waals surface area contributed by atoms with E-state index >= 15 is 13.2 Å². The van der Waals surface area contributed by atoms with Gasteiger partial charge in [0.2, 0.25) is 11.3 Å². The number of alkyl halides is 3. The number of ether oxygens (including phenoxy) is 1. The van der Waals surface area contributed by atoms with Crippen LogP contribution < -0.4 is 15.9 Å². The van der Waals surface area contributed by atoms with Gasteiger partial charge in [0, 0.05) is 0 Å². The third-order valence-corrected chi connectivity index (χ3v) is 11.1. The Morgan fingerprint density at radius 2 is 1.08 bits per heavy atom. The molecule has 190 valence electrons. The van der Waals surface area contributed by atoms with Crippen molar-refractivity contribution in [1.29, 1.82) is 0 Å². The van der Waals surface area contributed by atoms with Gasteiger partial charge in [-0.2, -0.15) is 13.2 Å². The molecule has 4 aromatic carbocycles. The van der Waals surface area contributed by atoms with E-state index in [1.54, 1.807) is 97.1 Å². The lowest BCUT2D eigenvalue weighted by Gasteiger charge is -2.42. The molecule has 0 aliphatic carbocycles. The minimum atomic E-state index is -5.21. The molecule has 0 saturated heterocycles. The van der Waals surface area contributed by atoms with Crippen molar-refractivity contribution in [1.82, 2.24) is 0 Å². The Bertz CT molecular complexity index is 1200. The number of benzene rings is 4. The predicted octanol–water partition coefficient (Wildman–Crippen LogP) is 5.36. The van der Waals surface area contributed by atoms with Crippen LogP contribution in [0.4, 0.5) is 13.2 Å². The monoisotopic (exact) mass is 523 g/mol. The van der Waals surface area contributed by atoms with E-state index in [-0.39, 0.29) is 6.61 Å². The molecule has 2 atom stereocenters. The summed E-state index contributed by atoms with van der Waals surface area (Å²) < 4.78 is 51.2. The number of halogens is 3. The summed E-state index contributed by atoms with van der Waals surface area (Å²) in [4.78, 5) is 13.9. The van der Waals surface area contributed by atoms with Gasteiger partial charge in [-0.05, 0) is 48.9 Å². The Labute approximate surface area is 214 Å². The maximum absolute atomic E-state index is 15.3. The summed E-state index contributed by atoms with van der Waals surface area (Å²) in [6, 6.07) is 32.8. The van der Waals surface area contributed by atoms with Crippen molar-refractivity contribution >= 4 is 29.1 Å². The lowest BCUT2D eigenvalue weighted by molar-refractivity contribution is -0.267. The number of aliphatic hydroxyl groups is 1. The van der Waals surface area contributed by atoms with Gasteiger partial charge in [0.1, 0.15) is 23.2 Å². The van der Waals surface area contributed by atoms with Gasteiger partial charge in [0.25, 0.3) is 0 Å². The zero-order valence-corrected chi connectivity index (χ0v) is 21.1. The lowest BCUT2D eigenvalue weighted by Crippen LogP contribution is -2.60. The fraction of sp³-hybridized carbons (Fsp3) is 0.167. The Balaban J connectivity index is 2.24. The second kappa shape index (κ2) is 10.9. The van der Waals surface area contributed by atoms with E-state index in [2.05, 4.69) is 0 Å². The van der Waals surface area contributed by atoms with Crippen LogP contribution >= 0.6 is 7.26 Å². The number of hydrogen-bond acceptors (Lipinski definition) is 3. The molecule has 3 nitrogen and oxygen atoms in total.